The van der Waals surface area contributed by atoms with Crippen LogP contribution in [0.4, 0.5) is 0 Å². The van der Waals surface area contributed by atoms with Crippen molar-refractivity contribution in [3.05, 3.63) is 39.7 Å². The number of nitrogens with zero attached hydrogens (tertiary/aromatic N) is 2. The maximum Gasteiger partial charge on any atom is 0.238 e. The number of hydrogen-bond acceptors (Lipinski definition) is 4. The number of aryl methyl sites for hydroxylation is 1. The van der Waals surface area contributed by atoms with Crippen LogP contribution in [0.1, 0.15) is 5.56 Å². The van der Waals surface area contributed by atoms with Gasteiger partial charge in [-0.2, -0.15) is 4.98 Å². The molecule has 2 aromatic rings. The lowest BCUT2D eigenvalue weighted by atomic mass is 10.2. The van der Waals surface area contributed by atoms with Crippen LogP contribution in [0.15, 0.2) is 28.9 Å². The summed E-state index contributed by atoms with van der Waals surface area (Å²) in [6, 6.07) is 5.62. The second-order valence-corrected chi connectivity index (χ2v) is 4.74. The Hall–Kier alpha value is -1.33. The van der Waals surface area contributed by atoms with Crippen LogP contribution in [-0.4, -0.2) is 17.1 Å². The van der Waals surface area contributed by atoms with E-state index in [1.165, 1.54) is 6.20 Å². The molecule has 18 heavy (non-hydrogen) atoms. The van der Waals surface area contributed by atoms with Gasteiger partial charge in [0.15, 0.2) is 11.5 Å². The van der Waals surface area contributed by atoms with E-state index < -0.39 is 0 Å². The molecule has 6 heteroatoms. The summed E-state index contributed by atoms with van der Waals surface area (Å²) < 4.78 is 11.5. The maximum absolute atomic E-state index is 5.73. The summed E-state index contributed by atoms with van der Waals surface area (Å²) in [4.78, 5) is 7.83. The Balaban J connectivity index is 2.36. The highest BCUT2D eigenvalue weighted by molar-refractivity contribution is 9.10. The van der Waals surface area contributed by atoms with Crippen LogP contribution in [-0.2, 0) is 0 Å². The van der Waals surface area contributed by atoms with Crippen molar-refractivity contribution in [2.45, 2.75) is 6.92 Å². The number of hydrogen-bond donors (Lipinski definition) is 0. The second kappa shape index (κ2) is 5.54. The number of ether oxygens (including phenoxy) is 2. The zero-order valence-electron chi connectivity index (χ0n) is 9.78. The Morgan fingerprint density at radius 1 is 1.28 bits per heavy atom. The van der Waals surface area contributed by atoms with Crippen LogP contribution in [0.2, 0.25) is 5.28 Å². The normalized spacial score (nSPS) is 10.2. The number of methoxy groups -OCH3 is 1. The molecule has 0 unspecified atom stereocenters. The minimum Gasteiger partial charge on any atom is -0.493 e. The van der Waals surface area contributed by atoms with Gasteiger partial charge in [0.1, 0.15) is 0 Å². The third kappa shape index (κ3) is 2.91. The molecule has 0 aliphatic carbocycles. The van der Waals surface area contributed by atoms with Crippen LogP contribution >= 0.6 is 27.5 Å². The second-order valence-electron chi connectivity index (χ2n) is 3.55. The van der Waals surface area contributed by atoms with Gasteiger partial charge < -0.3 is 9.47 Å². The molecule has 4 nitrogen and oxygen atoms in total. The van der Waals surface area contributed by atoms with E-state index in [4.69, 9.17) is 21.1 Å². The molecule has 0 bridgehead atoms. The number of benzene rings is 1. The predicted molar refractivity (Wildman–Crippen MR) is 72.5 cm³/mol. The first kappa shape index (κ1) is 13.1. The van der Waals surface area contributed by atoms with E-state index in [0.29, 0.717) is 21.9 Å². The summed E-state index contributed by atoms with van der Waals surface area (Å²) in [5, 5.41) is 0.124. The van der Waals surface area contributed by atoms with Gasteiger partial charge in [-0.25, -0.2) is 4.98 Å². The standard InChI is InChI=1S/C12H10BrClN2O2/c1-7-3-4-9(10(5-7)17-2)18-11-8(13)6-15-12(14)16-11/h3-6H,1-2H3. The number of halogens is 2. The molecule has 0 amide bonds. The molecule has 2 rings (SSSR count). The van der Waals surface area contributed by atoms with Gasteiger partial charge in [-0.1, -0.05) is 6.07 Å². The van der Waals surface area contributed by atoms with Gasteiger partial charge in [0, 0.05) is 6.20 Å². The Kier molecular flexibility index (Phi) is 4.04. The lowest BCUT2D eigenvalue weighted by Crippen LogP contribution is -1.94. The molecule has 0 atom stereocenters. The van der Waals surface area contributed by atoms with E-state index >= 15 is 0 Å². The molecule has 0 spiro atoms. The fourth-order valence-electron chi connectivity index (χ4n) is 1.37. The molecule has 0 radical (unpaired) electrons. The average Bonchev–Trinajstić information content (AvgIpc) is 2.36. The molecule has 1 heterocycles. The third-order valence-electron chi connectivity index (χ3n) is 2.21. The Morgan fingerprint density at radius 2 is 2.06 bits per heavy atom. The summed E-state index contributed by atoms with van der Waals surface area (Å²) >= 11 is 9.03. The van der Waals surface area contributed by atoms with E-state index in [1.807, 2.05) is 25.1 Å². The molecular formula is C12H10BrClN2O2. The maximum atomic E-state index is 5.73. The quantitative estimate of drug-likeness (QED) is 0.798. The summed E-state index contributed by atoms with van der Waals surface area (Å²) in [6.45, 7) is 1.98. The molecule has 0 saturated carbocycles. The minimum atomic E-state index is 0.124. The Morgan fingerprint density at radius 3 is 2.78 bits per heavy atom. The predicted octanol–water partition coefficient (Wildman–Crippen LogP) is 4.00. The fraction of sp³-hybridized carbons (Fsp3) is 0.167. The van der Waals surface area contributed by atoms with Crippen LogP contribution < -0.4 is 9.47 Å². The highest BCUT2D eigenvalue weighted by atomic mass is 79.9. The zero-order valence-corrected chi connectivity index (χ0v) is 12.1. The van der Waals surface area contributed by atoms with Crippen molar-refractivity contribution in [2.75, 3.05) is 7.11 Å². The van der Waals surface area contributed by atoms with Crippen LogP contribution in [0, 0.1) is 6.92 Å². The van der Waals surface area contributed by atoms with Gasteiger partial charge in [-0.05, 0) is 52.2 Å². The molecular weight excluding hydrogens is 320 g/mol. The minimum absolute atomic E-state index is 0.124. The van der Waals surface area contributed by atoms with Crippen LogP contribution in [0.5, 0.6) is 17.4 Å². The van der Waals surface area contributed by atoms with Gasteiger partial charge in [0.2, 0.25) is 11.2 Å². The smallest absolute Gasteiger partial charge is 0.238 e. The zero-order chi connectivity index (χ0) is 13.1. The van der Waals surface area contributed by atoms with Crippen molar-refractivity contribution in [1.82, 2.24) is 9.97 Å². The lowest BCUT2D eigenvalue weighted by molar-refractivity contribution is 0.372. The average molecular weight is 330 g/mol. The van der Waals surface area contributed by atoms with Crippen molar-refractivity contribution in [3.63, 3.8) is 0 Å². The third-order valence-corrected chi connectivity index (χ3v) is 2.93. The van der Waals surface area contributed by atoms with Crippen molar-refractivity contribution in [2.24, 2.45) is 0 Å². The van der Waals surface area contributed by atoms with E-state index in [-0.39, 0.29) is 5.28 Å². The Bertz CT molecular complexity index is 578. The van der Waals surface area contributed by atoms with Crippen molar-refractivity contribution in [1.29, 1.82) is 0 Å². The van der Waals surface area contributed by atoms with Gasteiger partial charge in [0.25, 0.3) is 0 Å². The van der Waals surface area contributed by atoms with Gasteiger partial charge in [-0.3, -0.25) is 0 Å². The monoisotopic (exact) mass is 328 g/mol. The first-order valence-electron chi connectivity index (χ1n) is 5.10. The summed E-state index contributed by atoms with van der Waals surface area (Å²) in [6.07, 6.45) is 1.53. The van der Waals surface area contributed by atoms with Crippen LogP contribution in [0.3, 0.4) is 0 Å². The van der Waals surface area contributed by atoms with Gasteiger partial charge in [0.05, 0.1) is 11.6 Å². The SMILES string of the molecule is COc1cc(C)ccc1Oc1nc(Cl)ncc1Br. The molecule has 1 aromatic carbocycles. The van der Waals surface area contributed by atoms with Crippen molar-refractivity contribution < 1.29 is 9.47 Å². The number of rotatable bonds is 3. The lowest BCUT2D eigenvalue weighted by Gasteiger charge is -2.11. The van der Waals surface area contributed by atoms with E-state index in [2.05, 4.69) is 25.9 Å². The fourth-order valence-corrected chi connectivity index (χ4v) is 1.76. The summed E-state index contributed by atoms with van der Waals surface area (Å²) in [7, 11) is 1.59. The molecule has 0 aliphatic heterocycles. The van der Waals surface area contributed by atoms with Crippen molar-refractivity contribution >= 4 is 27.5 Å². The topological polar surface area (TPSA) is 44.2 Å². The Labute approximate surface area is 118 Å². The van der Waals surface area contributed by atoms with Crippen molar-refractivity contribution in [3.8, 4) is 17.4 Å². The molecule has 0 saturated heterocycles. The largest absolute Gasteiger partial charge is 0.493 e. The molecule has 1 aromatic heterocycles. The highest BCUT2D eigenvalue weighted by Gasteiger charge is 2.10. The van der Waals surface area contributed by atoms with Gasteiger partial charge in [-0.15, -0.1) is 0 Å². The number of aromatic nitrogens is 2. The molecule has 0 N–H and O–H groups in total. The van der Waals surface area contributed by atoms with E-state index in [0.717, 1.165) is 5.56 Å². The summed E-state index contributed by atoms with van der Waals surface area (Å²) in [5.74, 6) is 1.55. The first-order valence-corrected chi connectivity index (χ1v) is 6.28. The molecule has 0 fully saturated rings. The molecule has 94 valence electrons. The van der Waals surface area contributed by atoms with Gasteiger partial charge >= 0.3 is 0 Å². The van der Waals surface area contributed by atoms with E-state index in [9.17, 15) is 0 Å². The molecule has 0 aliphatic rings. The van der Waals surface area contributed by atoms with Crippen LogP contribution in [0.25, 0.3) is 0 Å². The van der Waals surface area contributed by atoms with E-state index in [1.54, 1.807) is 7.11 Å². The highest BCUT2D eigenvalue weighted by Crippen LogP contribution is 2.34. The summed E-state index contributed by atoms with van der Waals surface area (Å²) in [5.41, 5.74) is 1.08. The first-order chi connectivity index (χ1) is 8.60.